The standard InChI is InChI=1S/C27H32F3N7O4/c1-39-21-12-16(25(38)37-8-6-36(7-9-37)18-14-41-15-18)2-3-20(21)33-26-34-23-22(19(13-31-23)27(28,29)30)24(35-26)32-17-4-10-40-11-5-17/h2-3,12-13,17-18H,4-11,14-15H2,1H3,(H3,31,32,33,34,35). The number of piperazine rings is 1. The Hall–Kier alpha value is -3.62. The average molecular weight is 576 g/mol. The minimum atomic E-state index is -4.58. The maximum absolute atomic E-state index is 13.8. The van der Waals surface area contributed by atoms with Crippen molar-refractivity contribution in [1.82, 2.24) is 24.8 Å². The molecule has 3 N–H and O–H groups in total. The van der Waals surface area contributed by atoms with Crippen molar-refractivity contribution < 1.29 is 32.2 Å². The van der Waals surface area contributed by atoms with E-state index < -0.39 is 11.7 Å². The van der Waals surface area contributed by atoms with Crippen molar-refractivity contribution in [2.45, 2.75) is 31.1 Å². The molecular weight excluding hydrogens is 543 g/mol. The Bertz CT molecular complexity index is 1400. The Balaban J connectivity index is 1.23. The van der Waals surface area contributed by atoms with Gasteiger partial charge in [0.1, 0.15) is 17.2 Å². The minimum Gasteiger partial charge on any atom is -0.495 e. The van der Waals surface area contributed by atoms with Gasteiger partial charge in [0.2, 0.25) is 5.95 Å². The molecule has 41 heavy (non-hydrogen) atoms. The highest BCUT2D eigenvalue weighted by Gasteiger charge is 2.36. The SMILES string of the molecule is COc1cc(C(=O)N2CCN(C3COC3)CC2)ccc1Nc1nc(NC2CCOCC2)c2c(C(F)(F)F)c[nH]c2n1. The van der Waals surface area contributed by atoms with Crippen LogP contribution in [0.3, 0.4) is 0 Å². The van der Waals surface area contributed by atoms with Crippen LogP contribution in [0.5, 0.6) is 5.75 Å². The van der Waals surface area contributed by atoms with Crippen molar-refractivity contribution in [1.29, 1.82) is 0 Å². The van der Waals surface area contributed by atoms with E-state index in [1.165, 1.54) is 7.11 Å². The van der Waals surface area contributed by atoms with E-state index in [-0.39, 0.29) is 34.7 Å². The molecule has 0 atom stereocenters. The van der Waals surface area contributed by atoms with Gasteiger partial charge in [-0.25, -0.2) is 0 Å². The van der Waals surface area contributed by atoms with Crippen molar-refractivity contribution in [2.24, 2.45) is 0 Å². The summed E-state index contributed by atoms with van der Waals surface area (Å²) < 4.78 is 57.5. The lowest BCUT2D eigenvalue weighted by atomic mass is 10.1. The number of nitrogens with zero attached hydrogens (tertiary/aromatic N) is 4. The van der Waals surface area contributed by atoms with E-state index in [1.807, 2.05) is 4.90 Å². The first-order valence-corrected chi connectivity index (χ1v) is 13.7. The van der Waals surface area contributed by atoms with Gasteiger partial charge in [0, 0.05) is 57.2 Å². The van der Waals surface area contributed by atoms with Gasteiger partial charge in [-0.05, 0) is 31.0 Å². The Morgan fingerprint density at radius 3 is 2.51 bits per heavy atom. The maximum atomic E-state index is 13.8. The molecule has 0 unspecified atom stereocenters. The number of H-pyrrole nitrogens is 1. The highest BCUT2D eigenvalue weighted by Crippen LogP contribution is 2.39. The number of alkyl halides is 3. The molecule has 0 saturated carbocycles. The Labute approximate surface area is 234 Å². The number of carbonyl (C=O) groups is 1. The fourth-order valence-corrected chi connectivity index (χ4v) is 5.41. The van der Waals surface area contributed by atoms with Gasteiger partial charge in [0.25, 0.3) is 5.91 Å². The third-order valence-electron chi connectivity index (χ3n) is 7.83. The smallest absolute Gasteiger partial charge is 0.418 e. The molecule has 3 aliphatic rings. The lowest BCUT2D eigenvalue weighted by Gasteiger charge is -2.42. The number of rotatable bonds is 7. The molecule has 1 aromatic carbocycles. The summed E-state index contributed by atoms with van der Waals surface area (Å²) >= 11 is 0. The first kappa shape index (κ1) is 27.5. The molecule has 220 valence electrons. The summed E-state index contributed by atoms with van der Waals surface area (Å²) in [6.07, 6.45) is -2.38. The molecule has 11 nitrogen and oxygen atoms in total. The predicted octanol–water partition coefficient (Wildman–Crippen LogP) is 3.48. The number of hydrogen-bond acceptors (Lipinski definition) is 9. The molecule has 5 heterocycles. The molecule has 2 aromatic heterocycles. The van der Waals surface area contributed by atoms with E-state index in [0.29, 0.717) is 62.2 Å². The van der Waals surface area contributed by atoms with E-state index in [1.54, 1.807) is 18.2 Å². The second-order valence-electron chi connectivity index (χ2n) is 10.4. The largest absolute Gasteiger partial charge is 0.495 e. The summed E-state index contributed by atoms with van der Waals surface area (Å²) in [6.45, 7) is 5.39. The first-order chi connectivity index (χ1) is 19.8. The van der Waals surface area contributed by atoms with Crippen LogP contribution in [0, 0.1) is 0 Å². The Morgan fingerprint density at radius 2 is 1.85 bits per heavy atom. The van der Waals surface area contributed by atoms with Gasteiger partial charge >= 0.3 is 6.18 Å². The van der Waals surface area contributed by atoms with E-state index in [9.17, 15) is 18.0 Å². The summed E-state index contributed by atoms with van der Waals surface area (Å²) in [7, 11) is 1.48. The lowest BCUT2D eigenvalue weighted by Crippen LogP contribution is -2.57. The number of amides is 1. The minimum absolute atomic E-state index is 0.0442. The van der Waals surface area contributed by atoms with Gasteiger partial charge in [-0.2, -0.15) is 23.1 Å². The third kappa shape index (κ3) is 5.76. The molecule has 0 spiro atoms. The molecule has 3 fully saturated rings. The van der Waals surface area contributed by atoms with Crippen LogP contribution >= 0.6 is 0 Å². The summed E-state index contributed by atoms with van der Waals surface area (Å²) in [5, 5.41) is 6.12. The molecule has 3 saturated heterocycles. The number of anilines is 3. The Morgan fingerprint density at radius 1 is 1.10 bits per heavy atom. The van der Waals surface area contributed by atoms with Crippen molar-refractivity contribution in [3.8, 4) is 5.75 Å². The summed E-state index contributed by atoms with van der Waals surface area (Å²) in [4.78, 5) is 28.8. The second kappa shape index (κ2) is 11.3. The van der Waals surface area contributed by atoms with Gasteiger partial charge in [0.05, 0.1) is 43.0 Å². The second-order valence-corrected chi connectivity index (χ2v) is 10.4. The number of nitrogens with one attached hydrogen (secondary N) is 3. The predicted molar refractivity (Wildman–Crippen MR) is 145 cm³/mol. The fraction of sp³-hybridized carbons (Fsp3) is 0.519. The molecule has 3 aromatic rings. The van der Waals surface area contributed by atoms with Crippen LogP contribution in [0.15, 0.2) is 24.4 Å². The highest BCUT2D eigenvalue weighted by atomic mass is 19.4. The van der Waals surface area contributed by atoms with E-state index in [0.717, 1.165) is 32.5 Å². The monoisotopic (exact) mass is 575 g/mol. The van der Waals surface area contributed by atoms with Crippen LogP contribution in [0.4, 0.5) is 30.6 Å². The number of hydrogen-bond donors (Lipinski definition) is 3. The molecule has 6 rings (SSSR count). The van der Waals surface area contributed by atoms with Crippen LogP contribution in [-0.4, -0.2) is 102 Å². The number of aromatic nitrogens is 3. The van der Waals surface area contributed by atoms with Crippen LogP contribution < -0.4 is 15.4 Å². The summed E-state index contributed by atoms with van der Waals surface area (Å²) in [5.41, 5.74) is 0.154. The van der Waals surface area contributed by atoms with Gasteiger partial charge in [-0.15, -0.1) is 0 Å². The first-order valence-electron chi connectivity index (χ1n) is 13.7. The van der Waals surface area contributed by atoms with Crippen LogP contribution in [0.25, 0.3) is 11.0 Å². The zero-order chi connectivity index (χ0) is 28.6. The number of ether oxygens (including phenoxy) is 3. The van der Waals surface area contributed by atoms with Crippen LogP contribution in [0.1, 0.15) is 28.8 Å². The number of aromatic amines is 1. The van der Waals surface area contributed by atoms with Gasteiger partial charge in [-0.1, -0.05) is 0 Å². The van der Waals surface area contributed by atoms with Crippen LogP contribution in [0.2, 0.25) is 0 Å². The molecule has 0 bridgehead atoms. The molecule has 0 aliphatic carbocycles. The molecule has 14 heteroatoms. The number of benzene rings is 1. The van der Waals surface area contributed by atoms with Crippen molar-refractivity contribution in [3.05, 3.63) is 35.5 Å². The Kier molecular flexibility index (Phi) is 7.62. The summed E-state index contributed by atoms with van der Waals surface area (Å²) in [6, 6.07) is 5.37. The van der Waals surface area contributed by atoms with Gasteiger partial charge < -0.3 is 34.7 Å². The number of carbonyl (C=O) groups excluding carboxylic acids is 1. The van der Waals surface area contributed by atoms with E-state index in [4.69, 9.17) is 14.2 Å². The maximum Gasteiger partial charge on any atom is 0.418 e. The molecule has 0 radical (unpaired) electrons. The highest BCUT2D eigenvalue weighted by molar-refractivity contribution is 5.96. The third-order valence-corrected chi connectivity index (χ3v) is 7.83. The summed E-state index contributed by atoms with van der Waals surface area (Å²) in [5.74, 6) is 0.449. The quantitative estimate of drug-likeness (QED) is 0.389. The topological polar surface area (TPSA) is 117 Å². The zero-order valence-corrected chi connectivity index (χ0v) is 22.6. The average Bonchev–Trinajstić information content (AvgIpc) is 3.38. The fourth-order valence-electron chi connectivity index (χ4n) is 5.41. The van der Waals surface area contributed by atoms with Crippen LogP contribution in [-0.2, 0) is 15.7 Å². The van der Waals surface area contributed by atoms with Crippen molar-refractivity contribution >= 4 is 34.4 Å². The number of fused-ring (bicyclic) bond motifs is 1. The van der Waals surface area contributed by atoms with Gasteiger partial charge in [-0.3, -0.25) is 9.69 Å². The van der Waals surface area contributed by atoms with E-state index >= 15 is 0 Å². The molecular formula is C27H32F3N7O4. The molecule has 1 amide bonds. The number of methoxy groups -OCH3 is 1. The molecule has 3 aliphatic heterocycles. The normalized spacial score (nSPS) is 19.3. The van der Waals surface area contributed by atoms with Crippen molar-refractivity contribution in [2.75, 3.05) is 70.3 Å². The lowest BCUT2D eigenvalue weighted by molar-refractivity contribution is -0.136. The van der Waals surface area contributed by atoms with Crippen molar-refractivity contribution in [3.63, 3.8) is 0 Å². The van der Waals surface area contributed by atoms with Gasteiger partial charge in [0.15, 0.2) is 0 Å². The zero-order valence-electron chi connectivity index (χ0n) is 22.6. The number of halogens is 3. The van der Waals surface area contributed by atoms with E-state index in [2.05, 4.69) is 30.5 Å².